The van der Waals surface area contributed by atoms with Crippen molar-refractivity contribution in [2.24, 2.45) is 11.8 Å². The molecule has 0 radical (unpaired) electrons. The molecule has 2 atom stereocenters. The highest BCUT2D eigenvalue weighted by atomic mass is 16.2. The first kappa shape index (κ1) is 18.4. The van der Waals surface area contributed by atoms with E-state index in [4.69, 9.17) is 0 Å². The van der Waals surface area contributed by atoms with Gasteiger partial charge in [0.25, 0.3) is 0 Å². The van der Waals surface area contributed by atoms with Crippen molar-refractivity contribution < 1.29 is 4.79 Å². The zero-order chi connectivity index (χ0) is 17.6. The largest absolute Gasteiger partial charge is 0.345 e. The van der Waals surface area contributed by atoms with Crippen molar-refractivity contribution in [1.29, 1.82) is 0 Å². The van der Waals surface area contributed by atoms with Gasteiger partial charge in [0.15, 0.2) is 0 Å². The monoisotopic (exact) mass is 344 g/mol. The number of hydrazine groups is 1. The molecule has 5 nitrogen and oxygen atoms in total. The molecule has 0 aromatic heterocycles. The van der Waals surface area contributed by atoms with Crippen LogP contribution < -0.4 is 10.9 Å². The second kappa shape index (κ2) is 8.79. The summed E-state index contributed by atoms with van der Waals surface area (Å²) in [5, 5.41) is 0. The molecule has 2 heterocycles. The van der Waals surface area contributed by atoms with E-state index in [0.717, 1.165) is 45.6 Å². The number of hydrogen-bond acceptors (Lipinski definition) is 4. The van der Waals surface area contributed by atoms with Crippen molar-refractivity contribution >= 4 is 5.91 Å². The van der Waals surface area contributed by atoms with Gasteiger partial charge in [0.05, 0.1) is 0 Å². The molecular formula is C20H32N4O. The summed E-state index contributed by atoms with van der Waals surface area (Å²) >= 11 is 0. The van der Waals surface area contributed by atoms with Gasteiger partial charge in [-0.3, -0.25) is 20.5 Å². The minimum Gasteiger partial charge on any atom is -0.345 e. The SMILES string of the molecule is CC1NNCC1CN(C)C(=O)CC1CCN(Cc2ccccc2)CC1. The molecule has 2 unspecified atom stereocenters. The molecule has 25 heavy (non-hydrogen) atoms. The maximum atomic E-state index is 12.5. The molecule has 1 amide bonds. The van der Waals surface area contributed by atoms with Gasteiger partial charge in [-0.15, -0.1) is 0 Å². The van der Waals surface area contributed by atoms with Gasteiger partial charge in [0.2, 0.25) is 5.91 Å². The van der Waals surface area contributed by atoms with Crippen molar-refractivity contribution in [3.63, 3.8) is 0 Å². The lowest BCUT2D eigenvalue weighted by molar-refractivity contribution is -0.131. The molecule has 2 aliphatic rings. The summed E-state index contributed by atoms with van der Waals surface area (Å²) in [4.78, 5) is 17.0. The quantitative estimate of drug-likeness (QED) is 0.827. The Morgan fingerprint density at radius 3 is 2.60 bits per heavy atom. The Hall–Kier alpha value is -1.43. The number of carbonyl (C=O) groups excluding carboxylic acids is 1. The van der Waals surface area contributed by atoms with Crippen LogP contribution >= 0.6 is 0 Å². The van der Waals surface area contributed by atoms with E-state index in [0.29, 0.717) is 30.2 Å². The van der Waals surface area contributed by atoms with E-state index in [9.17, 15) is 4.79 Å². The van der Waals surface area contributed by atoms with E-state index < -0.39 is 0 Å². The summed E-state index contributed by atoms with van der Waals surface area (Å²) in [7, 11) is 1.96. The molecular weight excluding hydrogens is 312 g/mol. The summed E-state index contributed by atoms with van der Waals surface area (Å²) < 4.78 is 0. The van der Waals surface area contributed by atoms with Crippen LogP contribution in [0.1, 0.15) is 31.7 Å². The first-order valence-corrected chi connectivity index (χ1v) is 9.60. The fourth-order valence-corrected chi connectivity index (χ4v) is 3.91. The summed E-state index contributed by atoms with van der Waals surface area (Å²) in [5.41, 5.74) is 7.78. The second-order valence-corrected chi connectivity index (χ2v) is 7.76. The number of hydrogen-bond donors (Lipinski definition) is 2. The highest BCUT2D eigenvalue weighted by Crippen LogP contribution is 2.23. The van der Waals surface area contributed by atoms with Gasteiger partial charge in [0.1, 0.15) is 0 Å². The lowest BCUT2D eigenvalue weighted by atomic mass is 9.92. The standard InChI is InChI=1S/C20H32N4O/c1-16-19(13-21-22-16)15-23(2)20(25)12-17-8-10-24(11-9-17)14-18-6-4-3-5-7-18/h3-7,16-17,19,21-22H,8-15H2,1-2H3. The summed E-state index contributed by atoms with van der Waals surface area (Å²) in [6.45, 7) is 7.18. The Bertz CT molecular complexity index is 542. The Morgan fingerprint density at radius 1 is 1.24 bits per heavy atom. The molecule has 0 spiro atoms. The third-order valence-electron chi connectivity index (χ3n) is 5.75. The lowest BCUT2D eigenvalue weighted by Crippen LogP contribution is -2.39. The third-order valence-corrected chi connectivity index (χ3v) is 5.75. The molecule has 0 bridgehead atoms. The highest BCUT2D eigenvalue weighted by molar-refractivity contribution is 5.76. The molecule has 3 rings (SSSR count). The lowest BCUT2D eigenvalue weighted by Gasteiger charge is -2.32. The minimum atomic E-state index is 0.306. The van der Waals surface area contributed by atoms with Crippen molar-refractivity contribution in [2.75, 3.05) is 33.2 Å². The Balaban J connectivity index is 1.38. The van der Waals surface area contributed by atoms with Gasteiger partial charge in [-0.25, -0.2) is 0 Å². The summed E-state index contributed by atoms with van der Waals surface area (Å²) in [5.74, 6) is 1.35. The normalized spacial score (nSPS) is 25.2. The van der Waals surface area contributed by atoms with Crippen LogP contribution in [-0.2, 0) is 11.3 Å². The summed E-state index contributed by atoms with van der Waals surface area (Å²) in [6.07, 6.45) is 2.97. The highest BCUT2D eigenvalue weighted by Gasteiger charge is 2.27. The first-order chi connectivity index (χ1) is 12.1. The molecule has 0 aliphatic carbocycles. The zero-order valence-corrected chi connectivity index (χ0v) is 15.6. The molecule has 138 valence electrons. The fraction of sp³-hybridized carbons (Fsp3) is 0.650. The van der Waals surface area contributed by atoms with Gasteiger partial charge in [-0.2, -0.15) is 0 Å². The van der Waals surface area contributed by atoms with Crippen LogP contribution in [0.15, 0.2) is 30.3 Å². The second-order valence-electron chi connectivity index (χ2n) is 7.76. The van der Waals surface area contributed by atoms with Crippen LogP contribution in [-0.4, -0.2) is 55.0 Å². The van der Waals surface area contributed by atoms with Crippen LogP contribution in [0, 0.1) is 11.8 Å². The van der Waals surface area contributed by atoms with Gasteiger partial charge in [-0.1, -0.05) is 30.3 Å². The van der Waals surface area contributed by atoms with E-state index in [1.165, 1.54) is 5.56 Å². The molecule has 2 saturated heterocycles. The molecule has 2 fully saturated rings. The van der Waals surface area contributed by atoms with Crippen LogP contribution in [0.25, 0.3) is 0 Å². The maximum absolute atomic E-state index is 12.5. The minimum absolute atomic E-state index is 0.306. The van der Waals surface area contributed by atoms with E-state index in [-0.39, 0.29) is 0 Å². The number of nitrogens with zero attached hydrogens (tertiary/aromatic N) is 2. The van der Waals surface area contributed by atoms with E-state index in [1.54, 1.807) is 0 Å². The van der Waals surface area contributed by atoms with Crippen molar-refractivity contribution in [1.82, 2.24) is 20.7 Å². The van der Waals surface area contributed by atoms with Crippen LogP contribution in [0.5, 0.6) is 0 Å². The molecule has 5 heteroatoms. The van der Waals surface area contributed by atoms with Crippen LogP contribution in [0.3, 0.4) is 0 Å². The molecule has 2 aliphatic heterocycles. The Morgan fingerprint density at radius 2 is 1.96 bits per heavy atom. The van der Waals surface area contributed by atoms with Crippen LogP contribution in [0.4, 0.5) is 0 Å². The smallest absolute Gasteiger partial charge is 0.222 e. The van der Waals surface area contributed by atoms with Gasteiger partial charge in [0, 0.05) is 45.1 Å². The topological polar surface area (TPSA) is 47.6 Å². The van der Waals surface area contributed by atoms with E-state index >= 15 is 0 Å². The van der Waals surface area contributed by atoms with Crippen molar-refractivity contribution in [3.05, 3.63) is 35.9 Å². The van der Waals surface area contributed by atoms with Crippen LogP contribution in [0.2, 0.25) is 0 Å². The fourth-order valence-electron chi connectivity index (χ4n) is 3.91. The predicted molar refractivity (Wildman–Crippen MR) is 101 cm³/mol. The van der Waals surface area contributed by atoms with Crippen molar-refractivity contribution in [2.45, 2.75) is 38.8 Å². The van der Waals surface area contributed by atoms with Gasteiger partial charge >= 0.3 is 0 Å². The predicted octanol–water partition coefficient (Wildman–Crippen LogP) is 1.86. The Labute approximate surface area is 151 Å². The first-order valence-electron chi connectivity index (χ1n) is 9.60. The van der Waals surface area contributed by atoms with Gasteiger partial charge in [-0.05, 0) is 44.3 Å². The van der Waals surface area contributed by atoms with E-state index in [2.05, 4.69) is 53.0 Å². The van der Waals surface area contributed by atoms with Gasteiger partial charge < -0.3 is 4.90 Å². The zero-order valence-electron chi connectivity index (χ0n) is 15.6. The number of rotatable bonds is 6. The number of amides is 1. The average Bonchev–Trinajstić information content (AvgIpc) is 3.02. The number of nitrogens with one attached hydrogen (secondary N) is 2. The van der Waals surface area contributed by atoms with Crippen molar-refractivity contribution in [3.8, 4) is 0 Å². The summed E-state index contributed by atoms with van der Waals surface area (Å²) in [6, 6.07) is 11.1. The number of likely N-dealkylation sites (tertiary alicyclic amines) is 1. The molecule has 1 aromatic carbocycles. The number of benzene rings is 1. The third kappa shape index (κ3) is 5.27. The molecule has 0 saturated carbocycles. The van der Waals surface area contributed by atoms with E-state index in [1.807, 2.05) is 11.9 Å². The molecule has 1 aromatic rings. The number of carbonyl (C=O) groups is 1. The number of piperidine rings is 1. The Kier molecular flexibility index (Phi) is 6.45. The maximum Gasteiger partial charge on any atom is 0.222 e. The average molecular weight is 345 g/mol. The molecule has 2 N–H and O–H groups in total.